The van der Waals surface area contributed by atoms with E-state index in [1.54, 1.807) is 6.07 Å². The molecule has 0 radical (unpaired) electrons. The van der Waals surface area contributed by atoms with E-state index >= 15 is 0 Å². The van der Waals surface area contributed by atoms with Crippen LogP contribution < -0.4 is 14.8 Å². The first kappa shape index (κ1) is 20.0. The maximum atomic E-state index is 12.5. The molecule has 26 heavy (non-hydrogen) atoms. The summed E-state index contributed by atoms with van der Waals surface area (Å²) in [6.45, 7) is 5.50. The normalized spacial score (nSPS) is 20.3. The maximum absolute atomic E-state index is 12.5. The number of carbonyl (C=O) groups is 2. The van der Waals surface area contributed by atoms with Gasteiger partial charge in [0, 0.05) is 25.2 Å². The molecule has 2 rings (SSSR count). The Morgan fingerprint density at radius 2 is 1.69 bits per heavy atom. The molecule has 8 nitrogen and oxygen atoms in total. The zero-order chi connectivity index (χ0) is 19.3. The molecule has 0 unspecified atom stereocenters. The second-order valence-corrected chi connectivity index (χ2v) is 6.24. The second kappa shape index (κ2) is 8.86. The van der Waals surface area contributed by atoms with Gasteiger partial charge >= 0.3 is 5.97 Å². The highest BCUT2D eigenvalue weighted by Gasteiger charge is 2.25. The smallest absolute Gasteiger partial charge is 0.340 e. The van der Waals surface area contributed by atoms with Gasteiger partial charge in [-0.2, -0.15) is 0 Å². The molecule has 0 bridgehead atoms. The van der Waals surface area contributed by atoms with Gasteiger partial charge in [-0.15, -0.1) is 0 Å². The summed E-state index contributed by atoms with van der Waals surface area (Å²) in [6.07, 6.45) is 0.136. The van der Waals surface area contributed by atoms with Crippen molar-refractivity contribution in [1.82, 2.24) is 4.90 Å². The van der Waals surface area contributed by atoms with Crippen molar-refractivity contribution in [2.45, 2.75) is 26.1 Å². The summed E-state index contributed by atoms with van der Waals surface area (Å²) < 4.78 is 20.9. The summed E-state index contributed by atoms with van der Waals surface area (Å²) in [4.78, 5) is 26.6. The van der Waals surface area contributed by atoms with Crippen molar-refractivity contribution in [2.24, 2.45) is 0 Å². The molecule has 1 aromatic carbocycles. The summed E-state index contributed by atoms with van der Waals surface area (Å²) in [5, 5.41) is 2.77. The van der Waals surface area contributed by atoms with E-state index < -0.39 is 5.97 Å². The lowest BCUT2D eigenvalue weighted by molar-refractivity contribution is -0.121. The Labute approximate surface area is 153 Å². The van der Waals surface area contributed by atoms with Crippen molar-refractivity contribution in [3.8, 4) is 11.5 Å². The highest BCUT2D eigenvalue weighted by molar-refractivity contribution is 6.02. The van der Waals surface area contributed by atoms with Crippen LogP contribution in [-0.2, 0) is 14.3 Å². The predicted octanol–water partition coefficient (Wildman–Crippen LogP) is 1.54. The van der Waals surface area contributed by atoms with Crippen LogP contribution >= 0.6 is 0 Å². The van der Waals surface area contributed by atoms with Gasteiger partial charge in [0.1, 0.15) is 0 Å². The fourth-order valence-electron chi connectivity index (χ4n) is 3.07. The largest absolute Gasteiger partial charge is 0.493 e. The minimum atomic E-state index is -0.574. The molecule has 1 heterocycles. The Bertz CT molecular complexity index is 653. The molecule has 1 amide bonds. The van der Waals surface area contributed by atoms with Gasteiger partial charge in [-0.05, 0) is 13.8 Å². The van der Waals surface area contributed by atoms with E-state index in [-0.39, 0.29) is 30.2 Å². The van der Waals surface area contributed by atoms with Gasteiger partial charge in [0.05, 0.1) is 51.3 Å². The molecule has 1 aliphatic rings. The first-order valence-corrected chi connectivity index (χ1v) is 8.39. The number of benzene rings is 1. The third kappa shape index (κ3) is 4.86. The Morgan fingerprint density at radius 1 is 1.12 bits per heavy atom. The van der Waals surface area contributed by atoms with E-state index in [1.165, 1.54) is 27.4 Å². The number of amides is 1. The van der Waals surface area contributed by atoms with Crippen LogP contribution in [0, 0.1) is 0 Å². The third-order valence-corrected chi connectivity index (χ3v) is 4.07. The lowest BCUT2D eigenvalue weighted by atomic mass is 10.1. The average molecular weight is 366 g/mol. The molecule has 2 atom stereocenters. The van der Waals surface area contributed by atoms with Crippen molar-refractivity contribution in [3.63, 3.8) is 0 Å². The van der Waals surface area contributed by atoms with Gasteiger partial charge in [0.2, 0.25) is 5.91 Å². The molecule has 1 fully saturated rings. The zero-order valence-corrected chi connectivity index (χ0v) is 15.8. The highest BCUT2D eigenvalue weighted by atomic mass is 16.5. The SMILES string of the molecule is COC(=O)c1cc(OC)c(OC)cc1NC(=O)CN1C[C@@H](C)O[C@H](C)C1. The molecule has 144 valence electrons. The predicted molar refractivity (Wildman–Crippen MR) is 96.0 cm³/mol. The highest BCUT2D eigenvalue weighted by Crippen LogP contribution is 2.33. The molecule has 0 spiro atoms. The molecule has 0 aliphatic carbocycles. The number of anilines is 1. The quantitative estimate of drug-likeness (QED) is 0.764. The Balaban J connectivity index is 2.18. The van der Waals surface area contributed by atoms with E-state index in [9.17, 15) is 9.59 Å². The van der Waals surface area contributed by atoms with E-state index in [1.807, 2.05) is 18.7 Å². The molecule has 8 heteroatoms. The Kier molecular flexibility index (Phi) is 6.82. The minimum Gasteiger partial charge on any atom is -0.493 e. The lowest BCUT2D eigenvalue weighted by Crippen LogP contribution is -2.48. The van der Waals surface area contributed by atoms with Gasteiger partial charge in [0.25, 0.3) is 0 Å². The minimum absolute atomic E-state index is 0.0678. The van der Waals surface area contributed by atoms with Crippen molar-refractivity contribution in [2.75, 3.05) is 46.3 Å². The number of esters is 1. The molecular formula is C18H26N2O6. The summed E-state index contributed by atoms with van der Waals surface area (Å²) in [5.41, 5.74) is 0.510. The van der Waals surface area contributed by atoms with Crippen LogP contribution in [0.3, 0.4) is 0 Å². The van der Waals surface area contributed by atoms with Crippen LogP contribution in [0.4, 0.5) is 5.69 Å². The van der Waals surface area contributed by atoms with Crippen molar-refractivity contribution < 1.29 is 28.5 Å². The summed E-state index contributed by atoms with van der Waals surface area (Å²) in [5.74, 6) is -0.0238. The maximum Gasteiger partial charge on any atom is 0.340 e. The third-order valence-electron chi connectivity index (χ3n) is 4.07. The van der Waals surface area contributed by atoms with Gasteiger partial charge in [-0.1, -0.05) is 0 Å². The van der Waals surface area contributed by atoms with Gasteiger partial charge < -0.3 is 24.3 Å². The number of nitrogens with zero attached hydrogens (tertiary/aromatic N) is 1. The molecule has 1 saturated heterocycles. The number of methoxy groups -OCH3 is 3. The van der Waals surface area contributed by atoms with Crippen molar-refractivity contribution >= 4 is 17.6 Å². The number of carbonyl (C=O) groups excluding carboxylic acids is 2. The number of ether oxygens (including phenoxy) is 4. The number of nitrogens with one attached hydrogen (secondary N) is 1. The fraction of sp³-hybridized carbons (Fsp3) is 0.556. The number of hydrogen-bond acceptors (Lipinski definition) is 7. The first-order valence-electron chi connectivity index (χ1n) is 8.39. The summed E-state index contributed by atoms with van der Waals surface area (Å²) in [6, 6.07) is 3.03. The molecule has 1 N–H and O–H groups in total. The number of morpholine rings is 1. The molecule has 0 aromatic heterocycles. The van der Waals surface area contributed by atoms with E-state index in [0.29, 0.717) is 30.3 Å². The number of hydrogen-bond donors (Lipinski definition) is 1. The Morgan fingerprint density at radius 3 is 2.23 bits per heavy atom. The monoisotopic (exact) mass is 366 g/mol. The fourth-order valence-corrected chi connectivity index (χ4v) is 3.07. The van der Waals surface area contributed by atoms with Crippen LogP contribution in [0.25, 0.3) is 0 Å². The van der Waals surface area contributed by atoms with E-state index in [2.05, 4.69) is 5.32 Å². The van der Waals surface area contributed by atoms with Gasteiger partial charge in [-0.3, -0.25) is 9.69 Å². The lowest BCUT2D eigenvalue weighted by Gasteiger charge is -2.34. The van der Waals surface area contributed by atoms with Gasteiger partial charge in [-0.25, -0.2) is 4.79 Å². The average Bonchev–Trinajstić information content (AvgIpc) is 2.59. The molecule has 1 aliphatic heterocycles. The zero-order valence-electron chi connectivity index (χ0n) is 15.8. The van der Waals surface area contributed by atoms with Crippen molar-refractivity contribution in [3.05, 3.63) is 17.7 Å². The number of rotatable bonds is 6. The topological polar surface area (TPSA) is 86.3 Å². The molecular weight excluding hydrogens is 340 g/mol. The summed E-state index contributed by atoms with van der Waals surface area (Å²) >= 11 is 0. The standard InChI is InChI=1S/C18H26N2O6/c1-11-8-20(9-12(2)26-11)10-17(21)19-14-7-16(24-4)15(23-3)6-13(14)18(22)25-5/h6-7,11-12H,8-10H2,1-5H3,(H,19,21)/t11-,12-/m1/s1. The van der Waals surface area contributed by atoms with E-state index in [0.717, 1.165) is 0 Å². The van der Waals surface area contributed by atoms with Crippen molar-refractivity contribution in [1.29, 1.82) is 0 Å². The molecule has 0 saturated carbocycles. The summed E-state index contributed by atoms with van der Waals surface area (Å²) in [7, 11) is 4.23. The van der Waals surface area contributed by atoms with Crippen LogP contribution in [-0.4, -0.2) is 69.9 Å². The first-order chi connectivity index (χ1) is 12.4. The van der Waals surface area contributed by atoms with Crippen LogP contribution in [0.5, 0.6) is 11.5 Å². The van der Waals surface area contributed by atoms with Crippen LogP contribution in [0.15, 0.2) is 12.1 Å². The Hall–Kier alpha value is -2.32. The van der Waals surface area contributed by atoms with Crippen LogP contribution in [0.1, 0.15) is 24.2 Å². The van der Waals surface area contributed by atoms with E-state index in [4.69, 9.17) is 18.9 Å². The van der Waals surface area contributed by atoms with Crippen LogP contribution in [0.2, 0.25) is 0 Å². The van der Waals surface area contributed by atoms with Gasteiger partial charge in [0.15, 0.2) is 11.5 Å². The molecule has 1 aromatic rings. The second-order valence-electron chi connectivity index (χ2n) is 6.24.